The molecule has 1 aliphatic heterocycles. The molecule has 1 aliphatic rings. The smallest absolute Gasteiger partial charge is 0.390 e. The number of phosphoric acid groups is 3. The van der Waals surface area contributed by atoms with E-state index in [1.54, 1.807) is 0 Å². The largest absolute Gasteiger partial charge is 0.490 e. The fraction of sp³-hybridized carbons (Fsp3) is 1.00. The number of aliphatic hydroxyl groups excluding tert-OH is 1. The minimum atomic E-state index is -5.53. The van der Waals surface area contributed by atoms with Crippen molar-refractivity contribution in [1.82, 2.24) is 0 Å². The molecule has 22 heavy (non-hydrogen) atoms. The molecular weight excluding hydrogens is 368 g/mol. The maximum atomic E-state index is 11.4. The Morgan fingerprint density at radius 1 is 1.14 bits per heavy atom. The van der Waals surface area contributed by atoms with Gasteiger partial charge in [-0.2, -0.15) is 8.62 Å². The Hall–Kier alpha value is 0.395. The quantitative estimate of drug-likeness (QED) is 0.262. The van der Waals surface area contributed by atoms with Gasteiger partial charge in [-0.05, 0) is 6.42 Å². The zero-order chi connectivity index (χ0) is 17.2. The second-order valence-corrected chi connectivity index (χ2v) is 8.81. The Morgan fingerprint density at radius 3 is 2.18 bits per heavy atom. The van der Waals surface area contributed by atoms with Crippen LogP contribution in [0.15, 0.2) is 0 Å². The van der Waals surface area contributed by atoms with E-state index in [9.17, 15) is 23.7 Å². The Morgan fingerprint density at radius 2 is 1.73 bits per heavy atom. The van der Waals surface area contributed by atoms with Crippen molar-refractivity contribution in [3.8, 4) is 0 Å². The van der Waals surface area contributed by atoms with Crippen molar-refractivity contribution in [1.29, 1.82) is 0 Å². The first kappa shape index (κ1) is 20.4. The molecule has 5 unspecified atom stereocenters. The van der Waals surface area contributed by atoms with E-state index in [1.807, 2.05) is 6.82 Å². The van der Waals surface area contributed by atoms with Gasteiger partial charge >= 0.3 is 23.5 Å². The summed E-state index contributed by atoms with van der Waals surface area (Å²) in [5.41, 5.74) is 0. The van der Waals surface area contributed by atoms with E-state index >= 15 is 0 Å². The van der Waals surface area contributed by atoms with Crippen LogP contribution in [0.3, 0.4) is 0 Å². The van der Waals surface area contributed by atoms with Gasteiger partial charge in [0.25, 0.3) is 0 Å². The van der Waals surface area contributed by atoms with Crippen LogP contribution >= 0.6 is 23.5 Å². The van der Waals surface area contributed by atoms with Gasteiger partial charge in [-0.3, -0.25) is 4.52 Å². The highest BCUT2D eigenvalue weighted by atomic mass is 31.3. The lowest BCUT2D eigenvalue weighted by atomic mass is 9.73. The van der Waals surface area contributed by atoms with Crippen LogP contribution in [0.1, 0.15) is 6.42 Å². The predicted molar refractivity (Wildman–Crippen MR) is 72.1 cm³/mol. The molecule has 1 rings (SSSR count). The molecule has 5 atom stereocenters. The summed E-state index contributed by atoms with van der Waals surface area (Å²) in [5, 5.41) is 9.62. The van der Waals surface area contributed by atoms with E-state index in [4.69, 9.17) is 19.4 Å². The fourth-order valence-corrected chi connectivity index (χ4v) is 4.73. The first-order chi connectivity index (χ1) is 9.84. The molecule has 0 amide bonds. The van der Waals surface area contributed by atoms with Crippen LogP contribution in [-0.4, -0.2) is 56.8 Å². The van der Waals surface area contributed by atoms with Gasteiger partial charge in [-0.25, -0.2) is 13.7 Å². The summed E-state index contributed by atoms with van der Waals surface area (Å²) in [4.78, 5) is 34.9. The second kappa shape index (κ2) is 7.52. The van der Waals surface area contributed by atoms with Gasteiger partial charge in [-0.1, -0.05) is 6.82 Å². The average Bonchev–Trinajstić information content (AvgIpc) is 2.62. The lowest BCUT2D eigenvalue weighted by molar-refractivity contribution is -0.00473. The van der Waals surface area contributed by atoms with Gasteiger partial charge in [0.2, 0.25) is 0 Å². The summed E-state index contributed by atoms with van der Waals surface area (Å²) in [5.74, 6) is 0. The van der Waals surface area contributed by atoms with Crippen molar-refractivity contribution in [2.75, 3.05) is 6.61 Å². The van der Waals surface area contributed by atoms with E-state index in [1.165, 1.54) is 0 Å². The number of ether oxygens (including phenoxy) is 1. The third kappa shape index (κ3) is 7.31. The summed E-state index contributed by atoms with van der Waals surface area (Å²) in [6, 6.07) is -0.260. The summed E-state index contributed by atoms with van der Waals surface area (Å²) >= 11 is 0. The summed E-state index contributed by atoms with van der Waals surface area (Å²) in [7, 11) is -15.5. The van der Waals surface area contributed by atoms with Gasteiger partial charge in [0.15, 0.2) is 7.28 Å². The van der Waals surface area contributed by atoms with Crippen LogP contribution in [0.5, 0.6) is 0 Å². The van der Waals surface area contributed by atoms with Crippen molar-refractivity contribution in [3.05, 3.63) is 0 Å². The highest BCUT2D eigenvalue weighted by Gasteiger charge is 2.42. The number of rotatable bonds is 8. The highest BCUT2D eigenvalue weighted by molar-refractivity contribution is 7.66. The number of hydrogen-bond acceptors (Lipinski definition) is 8. The highest BCUT2D eigenvalue weighted by Crippen LogP contribution is 2.66. The van der Waals surface area contributed by atoms with E-state index in [-0.39, 0.29) is 6.00 Å². The molecule has 130 valence electrons. The maximum absolute atomic E-state index is 11.4. The molecule has 0 aliphatic carbocycles. The summed E-state index contributed by atoms with van der Waals surface area (Å²) < 4.78 is 49.7. The standard InChI is InChI=1S/C6H16BO12P3/c1-7-6-2-4(8)5(17-6)3-16-21(12,13)19-22(14,15)18-20(9,10)11/h4-8H,2-3H2,1H3,(H,12,13)(H,14,15)(H2,9,10,11). The predicted octanol–water partition coefficient (Wildman–Crippen LogP) is -0.710. The van der Waals surface area contributed by atoms with Crippen molar-refractivity contribution >= 4 is 30.7 Å². The van der Waals surface area contributed by atoms with Crippen LogP contribution in [0.2, 0.25) is 6.82 Å². The van der Waals surface area contributed by atoms with Crippen molar-refractivity contribution in [2.24, 2.45) is 0 Å². The van der Waals surface area contributed by atoms with Crippen LogP contribution in [0.25, 0.3) is 0 Å². The topological polar surface area (TPSA) is 189 Å². The molecule has 0 bridgehead atoms. The lowest BCUT2D eigenvalue weighted by Crippen LogP contribution is -2.26. The number of aliphatic hydroxyl groups is 1. The molecule has 12 nitrogen and oxygen atoms in total. The van der Waals surface area contributed by atoms with Crippen LogP contribution in [0.4, 0.5) is 0 Å². The van der Waals surface area contributed by atoms with E-state index in [2.05, 4.69) is 13.1 Å². The van der Waals surface area contributed by atoms with Gasteiger partial charge in [0.05, 0.1) is 12.7 Å². The van der Waals surface area contributed by atoms with Gasteiger partial charge in [0, 0.05) is 6.00 Å². The average molecular weight is 384 g/mol. The number of phosphoric ester groups is 1. The third-order valence-electron chi connectivity index (χ3n) is 2.57. The SMILES string of the molecule is CBC1CC(O)C(COP(=O)(O)OP(=O)(O)OP(=O)(O)O)O1. The summed E-state index contributed by atoms with van der Waals surface area (Å²) in [6.45, 7) is 1.17. The normalized spacial score (nSPS) is 31.5. The zero-order valence-corrected chi connectivity index (χ0v) is 14.0. The molecule has 5 N–H and O–H groups in total. The van der Waals surface area contributed by atoms with Crippen LogP contribution in [0, 0.1) is 0 Å². The fourth-order valence-electron chi connectivity index (χ4n) is 1.70. The zero-order valence-electron chi connectivity index (χ0n) is 11.3. The minimum absolute atomic E-state index is 0.260. The molecule has 16 heteroatoms. The van der Waals surface area contributed by atoms with Crippen molar-refractivity contribution in [2.45, 2.75) is 31.5 Å². The van der Waals surface area contributed by atoms with E-state index in [0.29, 0.717) is 13.7 Å². The lowest BCUT2D eigenvalue weighted by Gasteiger charge is -2.19. The Kier molecular flexibility index (Phi) is 6.99. The number of hydrogen-bond donors (Lipinski definition) is 5. The molecule has 0 aromatic heterocycles. The summed E-state index contributed by atoms with van der Waals surface area (Å²) in [6.07, 6.45) is -1.62. The molecular formula is C6H16BO12P3. The second-order valence-electron chi connectivity index (χ2n) is 4.39. The molecule has 1 fully saturated rings. The van der Waals surface area contributed by atoms with Crippen LogP contribution in [-0.2, 0) is 31.6 Å². The molecule has 0 aromatic rings. The van der Waals surface area contributed by atoms with Crippen molar-refractivity contribution in [3.63, 3.8) is 0 Å². The third-order valence-corrected chi connectivity index (χ3v) is 6.38. The van der Waals surface area contributed by atoms with E-state index in [0.717, 1.165) is 0 Å². The van der Waals surface area contributed by atoms with Gasteiger partial charge in [-0.15, -0.1) is 0 Å². The van der Waals surface area contributed by atoms with Crippen LogP contribution < -0.4 is 0 Å². The Labute approximate surface area is 126 Å². The van der Waals surface area contributed by atoms with Gasteiger partial charge in [0.1, 0.15) is 6.10 Å². The minimum Gasteiger partial charge on any atom is -0.390 e. The first-order valence-corrected chi connectivity index (χ1v) is 10.5. The molecule has 0 aromatic carbocycles. The molecule has 0 spiro atoms. The first-order valence-electron chi connectivity index (χ1n) is 5.95. The maximum Gasteiger partial charge on any atom is 0.490 e. The Bertz CT molecular complexity index is 519. The monoisotopic (exact) mass is 384 g/mol. The van der Waals surface area contributed by atoms with Gasteiger partial charge < -0.3 is 29.4 Å². The Balaban J connectivity index is 2.56. The van der Waals surface area contributed by atoms with E-state index < -0.39 is 42.3 Å². The molecule has 1 saturated heterocycles. The molecule has 1 heterocycles. The van der Waals surface area contributed by atoms with Crippen molar-refractivity contribution < 1.29 is 56.3 Å². The molecule has 0 radical (unpaired) electrons. The molecule has 0 saturated carbocycles.